The van der Waals surface area contributed by atoms with Gasteiger partial charge in [-0.1, -0.05) is 149 Å². The Balaban J connectivity index is 1.08. The van der Waals surface area contributed by atoms with Gasteiger partial charge in [0.2, 0.25) is 0 Å². The molecule has 0 atom stereocenters. The number of carbonyl (C=O) groups is 2. The lowest BCUT2D eigenvalue weighted by Gasteiger charge is -2.42. The molecular weight excluding hydrogens is 661 g/mol. The minimum absolute atomic E-state index is 0.103. The average molecular weight is 701 g/mol. The highest BCUT2D eigenvalue weighted by Gasteiger charge is 2.39. The number of anilines is 6. The average Bonchev–Trinajstić information content (AvgIpc) is 3.21. The summed E-state index contributed by atoms with van der Waals surface area (Å²) in [6.45, 7) is 9.02. The van der Waals surface area contributed by atoms with Crippen LogP contribution in [0.4, 0.5) is 34.1 Å². The third-order valence-electron chi connectivity index (χ3n) is 11.5. The molecule has 262 valence electrons. The third kappa shape index (κ3) is 5.05. The second-order valence-electron chi connectivity index (χ2n) is 15.3. The molecule has 0 unspecified atom stereocenters. The quantitative estimate of drug-likeness (QED) is 0.162. The number of para-hydroxylation sites is 6. The molecule has 9 rings (SSSR count). The smallest absolute Gasteiger partial charge is 0.195 e. The summed E-state index contributed by atoms with van der Waals surface area (Å²) in [6, 6.07) is 56.5. The maximum atomic E-state index is 14.4. The van der Waals surface area contributed by atoms with Crippen molar-refractivity contribution in [3.8, 4) is 0 Å². The maximum absolute atomic E-state index is 14.4. The highest BCUT2D eigenvalue weighted by atomic mass is 16.1. The van der Waals surface area contributed by atoms with Crippen LogP contribution in [-0.4, -0.2) is 11.6 Å². The molecule has 0 aromatic heterocycles. The molecule has 4 nitrogen and oxygen atoms in total. The van der Waals surface area contributed by atoms with Gasteiger partial charge in [0, 0.05) is 33.1 Å². The van der Waals surface area contributed by atoms with Crippen molar-refractivity contribution in [3.05, 3.63) is 214 Å². The Morgan fingerprint density at radius 2 is 0.574 bits per heavy atom. The van der Waals surface area contributed by atoms with Gasteiger partial charge in [-0.3, -0.25) is 9.59 Å². The fourth-order valence-corrected chi connectivity index (χ4v) is 8.66. The van der Waals surface area contributed by atoms with Crippen LogP contribution in [0.2, 0.25) is 0 Å². The molecule has 0 N–H and O–H groups in total. The third-order valence-corrected chi connectivity index (χ3v) is 11.5. The van der Waals surface area contributed by atoms with E-state index >= 15 is 0 Å². The van der Waals surface area contributed by atoms with Gasteiger partial charge in [0.15, 0.2) is 11.6 Å². The van der Waals surface area contributed by atoms with Crippen LogP contribution in [0.15, 0.2) is 170 Å². The molecule has 2 heterocycles. The summed E-state index contributed by atoms with van der Waals surface area (Å²) in [5.74, 6) is -0.206. The highest BCUT2D eigenvalue weighted by molar-refractivity contribution is 6.16. The highest BCUT2D eigenvalue weighted by Crippen LogP contribution is 2.54. The minimum Gasteiger partial charge on any atom is -0.309 e. The zero-order valence-electron chi connectivity index (χ0n) is 30.9. The zero-order chi connectivity index (χ0) is 37.2. The molecule has 0 amide bonds. The minimum atomic E-state index is -0.207. The normalized spacial score (nSPS) is 14.7. The predicted molar refractivity (Wildman–Crippen MR) is 220 cm³/mol. The molecule has 7 aromatic carbocycles. The number of carbonyl (C=O) groups excluding carboxylic acids is 2. The van der Waals surface area contributed by atoms with Crippen LogP contribution in [0, 0.1) is 0 Å². The summed E-state index contributed by atoms with van der Waals surface area (Å²) in [7, 11) is 0. The molecule has 7 aromatic rings. The number of fused-ring (bicyclic) bond motifs is 4. The van der Waals surface area contributed by atoms with Crippen molar-refractivity contribution in [3.63, 3.8) is 0 Å². The zero-order valence-corrected chi connectivity index (χ0v) is 30.9. The van der Waals surface area contributed by atoms with Crippen molar-refractivity contribution < 1.29 is 9.59 Å². The van der Waals surface area contributed by atoms with Crippen LogP contribution < -0.4 is 9.80 Å². The number of benzene rings is 7. The Labute approximate surface area is 317 Å². The van der Waals surface area contributed by atoms with E-state index in [9.17, 15) is 9.59 Å². The molecular formula is C50H40N2O2. The number of ketones is 2. The van der Waals surface area contributed by atoms with Gasteiger partial charge < -0.3 is 9.80 Å². The molecule has 0 bridgehead atoms. The first-order valence-corrected chi connectivity index (χ1v) is 18.5. The molecule has 0 fully saturated rings. The summed E-state index contributed by atoms with van der Waals surface area (Å²) in [4.78, 5) is 33.3. The molecule has 2 aliphatic heterocycles. The van der Waals surface area contributed by atoms with E-state index in [0.29, 0.717) is 22.3 Å². The van der Waals surface area contributed by atoms with E-state index in [1.807, 2.05) is 48.5 Å². The number of nitrogens with zero attached hydrogens (tertiary/aromatic N) is 2. The van der Waals surface area contributed by atoms with E-state index in [4.69, 9.17) is 0 Å². The topological polar surface area (TPSA) is 40.6 Å². The predicted octanol–water partition coefficient (Wildman–Crippen LogP) is 12.4. The SMILES string of the molecule is CC1(C)c2ccccc2N(c2ccccc2C(=O)c2ccc(C(=O)c3ccccc3N3c4ccccc4C(C)(C)c4ccccc43)cc2)c2ccccc21. The summed E-state index contributed by atoms with van der Waals surface area (Å²) < 4.78 is 0. The summed E-state index contributed by atoms with van der Waals surface area (Å²) >= 11 is 0. The van der Waals surface area contributed by atoms with Gasteiger partial charge in [-0.05, 0) is 70.8 Å². The van der Waals surface area contributed by atoms with E-state index in [0.717, 1.165) is 34.1 Å². The van der Waals surface area contributed by atoms with Gasteiger partial charge in [-0.15, -0.1) is 0 Å². The van der Waals surface area contributed by atoms with Crippen LogP contribution >= 0.6 is 0 Å². The Bertz CT molecular complexity index is 2340. The largest absolute Gasteiger partial charge is 0.309 e. The van der Waals surface area contributed by atoms with Gasteiger partial charge in [-0.2, -0.15) is 0 Å². The van der Waals surface area contributed by atoms with E-state index in [1.54, 1.807) is 24.3 Å². The fraction of sp³-hybridized carbons (Fsp3) is 0.120. The summed E-state index contributed by atoms with van der Waals surface area (Å²) in [5.41, 5.74) is 12.5. The monoisotopic (exact) mass is 700 g/mol. The van der Waals surface area contributed by atoms with Crippen molar-refractivity contribution in [2.75, 3.05) is 9.80 Å². The molecule has 0 saturated heterocycles. The van der Waals surface area contributed by atoms with Crippen molar-refractivity contribution in [2.45, 2.75) is 38.5 Å². The van der Waals surface area contributed by atoms with Crippen LogP contribution in [0.1, 0.15) is 81.8 Å². The fourth-order valence-electron chi connectivity index (χ4n) is 8.66. The first-order valence-electron chi connectivity index (χ1n) is 18.5. The van der Waals surface area contributed by atoms with Crippen molar-refractivity contribution in [2.24, 2.45) is 0 Å². The lowest BCUT2D eigenvalue weighted by atomic mass is 9.73. The number of hydrogen-bond donors (Lipinski definition) is 0. The lowest BCUT2D eigenvalue weighted by Crippen LogP contribution is -2.31. The van der Waals surface area contributed by atoms with Gasteiger partial charge in [0.05, 0.1) is 34.1 Å². The number of rotatable bonds is 6. The first-order chi connectivity index (χ1) is 26.2. The van der Waals surface area contributed by atoms with Gasteiger partial charge in [0.25, 0.3) is 0 Å². The van der Waals surface area contributed by atoms with E-state index in [1.165, 1.54) is 22.3 Å². The summed E-state index contributed by atoms with van der Waals surface area (Å²) in [5, 5.41) is 0. The Morgan fingerprint density at radius 3 is 0.870 bits per heavy atom. The Morgan fingerprint density at radius 1 is 0.333 bits per heavy atom. The maximum Gasteiger partial charge on any atom is 0.195 e. The Hall–Kier alpha value is -6.52. The Kier molecular flexibility index (Phi) is 7.75. The second kappa shape index (κ2) is 12.6. The van der Waals surface area contributed by atoms with Crippen LogP contribution in [0.5, 0.6) is 0 Å². The molecule has 0 saturated carbocycles. The number of hydrogen-bond acceptors (Lipinski definition) is 4. The van der Waals surface area contributed by atoms with Crippen molar-refractivity contribution in [1.29, 1.82) is 0 Å². The molecule has 54 heavy (non-hydrogen) atoms. The van der Waals surface area contributed by atoms with Crippen LogP contribution in [0.25, 0.3) is 0 Å². The molecule has 0 aliphatic carbocycles. The molecule has 0 radical (unpaired) electrons. The van der Waals surface area contributed by atoms with Crippen molar-refractivity contribution >= 4 is 45.7 Å². The van der Waals surface area contributed by atoms with Gasteiger partial charge in [-0.25, -0.2) is 0 Å². The van der Waals surface area contributed by atoms with E-state index in [-0.39, 0.29) is 22.4 Å². The van der Waals surface area contributed by atoms with E-state index < -0.39 is 0 Å². The van der Waals surface area contributed by atoms with Crippen LogP contribution in [0.3, 0.4) is 0 Å². The van der Waals surface area contributed by atoms with E-state index in [2.05, 4.69) is 135 Å². The van der Waals surface area contributed by atoms with Gasteiger partial charge in [0.1, 0.15) is 0 Å². The summed E-state index contributed by atoms with van der Waals surface area (Å²) in [6.07, 6.45) is 0. The second-order valence-corrected chi connectivity index (χ2v) is 15.3. The lowest BCUT2D eigenvalue weighted by molar-refractivity contribution is 0.102. The van der Waals surface area contributed by atoms with Gasteiger partial charge >= 0.3 is 0 Å². The first kappa shape index (κ1) is 33.3. The van der Waals surface area contributed by atoms with Crippen molar-refractivity contribution in [1.82, 2.24) is 0 Å². The standard InChI is InChI=1S/C50H40N2O2/c1-49(2)37-19-7-13-25-43(37)51(44-26-14-8-20-38(44)49)41-23-11-5-17-35(41)47(53)33-29-31-34(32-30-33)48(54)36-18-6-12-24-42(36)52-45-27-15-9-21-39(45)50(3,4)40-22-10-16-28-46(40)52/h5-32H,1-4H3. The molecule has 2 aliphatic rings. The molecule has 0 spiro atoms. The van der Waals surface area contributed by atoms with Crippen LogP contribution in [-0.2, 0) is 10.8 Å². The molecule has 4 heteroatoms.